The highest BCUT2D eigenvalue weighted by Gasteiger charge is 2.31. The van der Waals surface area contributed by atoms with E-state index >= 15 is 0 Å². The van der Waals surface area contributed by atoms with E-state index in [-0.39, 0.29) is 5.92 Å². The zero-order valence-corrected chi connectivity index (χ0v) is 7.99. The molecule has 0 aromatic rings. The van der Waals surface area contributed by atoms with Crippen LogP contribution >= 0.6 is 0 Å². The van der Waals surface area contributed by atoms with E-state index in [4.69, 9.17) is 10.2 Å². The van der Waals surface area contributed by atoms with Gasteiger partial charge in [0.1, 0.15) is 0 Å². The van der Waals surface area contributed by atoms with Crippen molar-refractivity contribution in [2.75, 3.05) is 0 Å². The molecule has 0 fully saturated rings. The van der Waals surface area contributed by atoms with E-state index in [1.807, 2.05) is 6.92 Å². The Balaban J connectivity index is 4.20. The topological polar surface area (TPSA) is 74.6 Å². The summed E-state index contributed by atoms with van der Waals surface area (Å²) >= 11 is 0. The number of carboxylic acids is 2. The van der Waals surface area contributed by atoms with Crippen molar-refractivity contribution in [3.05, 3.63) is 0 Å². The van der Waals surface area contributed by atoms with Gasteiger partial charge in [-0.3, -0.25) is 9.59 Å². The van der Waals surface area contributed by atoms with Crippen LogP contribution < -0.4 is 0 Å². The lowest BCUT2D eigenvalue weighted by atomic mass is 9.90. The molecule has 2 N–H and O–H groups in total. The summed E-state index contributed by atoms with van der Waals surface area (Å²) in [5, 5.41) is 17.3. The average molecular weight is 188 g/mol. The van der Waals surface area contributed by atoms with Crippen molar-refractivity contribution < 1.29 is 19.8 Å². The summed E-state index contributed by atoms with van der Waals surface area (Å²) < 4.78 is 0. The third-order valence-corrected chi connectivity index (χ3v) is 2.11. The maximum Gasteiger partial charge on any atom is 0.318 e. The number of carbonyl (C=O) groups is 2. The molecule has 0 bridgehead atoms. The van der Waals surface area contributed by atoms with E-state index < -0.39 is 17.9 Å². The summed E-state index contributed by atoms with van der Waals surface area (Å²) in [6, 6.07) is 0. The third kappa shape index (κ3) is 3.92. The molecule has 0 aliphatic carbocycles. The second-order valence-electron chi connectivity index (χ2n) is 3.27. The number of rotatable bonds is 6. The molecule has 0 spiro atoms. The number of unbranched alkanes of at least 4 members (excludes halogenated alkanes) is 1. The van der Waals surface area contributed by atoms with Crippen LogP contribution in [0, 0.1) is 11.8 Å². The van der Waals surface area contributed by atoms with Gasteiger partial charge in [0.25, 0.3) is 0 Å². The van der Waals surface area contributed by atoms with Gasteiger partial charge in [0.05, 0.1) is 0 Å². The Labute approximate surface area is 77.6 Å². The molecule has 1 atom stereocenters. The molecular weight excluding hydrogens is 172 g/mol. The SMILES string of the molecule is CCCC[C@H](C)C(C(=O)O)C(=O)O. The monoisotopic (exact) mass is 188 g/mol. The first-order valence-electron chi connectivity index (χ1n) is 4.46. The Morgan fingerprint density at radius 2 is 1.69 bits per heavy atom. The lowest BCUT2D eigenvalue weighted by Crippen LogP contribution is -2.29. The Morgan fingerprint density at radius 1 is 1.23 bits per heavy atom. The van der Waals surface area contributed by atoms with Crippen LogP contribution in [0.15, 0.2) is 0 Å². The molecule has 4 heteroatoms. The quantitative estimate of drug-likeness (QED) is 0.621. The predicted octanol–water partition coefficient (Wildman–Crippen LogP) is 1.60. The largest absolute Gasteiger partial charge is 0.481 e. The van der Waals surface area contributed by atoms with Crippen LogP contribution in [0.25, 0.3) is 0 Å². The molecule has 4 nitrogen and oxygen atoms in total. The van der Waals surface area contributed by atoms with Crippen molar-refractivity contribution in [1.29, 1.82) is 0 Å². The second-order valence-corrected chi connectivity index (χ2v) is 3.27. The smallest absolute Gasteiger partial charge is 0.318 e. The fourth-order valence-corrected chi connectivity index (χ4v) is 1.29. The van der Waals surface area contributed by atoms with Gasteiger partial charge in [-0.2, -0.15) is 0 Å². The van der Waals surface area contributed by atoms with E-state index in [9.17, 15) is 9.59 Å². The minimum atomic E-state index is -1.26. The highest BCUT2D eigenvalue weighted by atomic mass is 16.4. The number of carboxylic acid groups (broad SMARTS) is 2. The first-order chi connectivity index (χ1) is 6.00. The number of hydrogen-bond donors (Lipinski definition) is 2. The molecule has 76 valence electrons. The Bertz CT molecular complexity index is 174. The van der Waals surface area contributed by atoms with Gasteiger partial charge in [0.15, 0.2) is 5.92 Å². The second kappa shape index (κ2) is 5.56. The zero-order valence-electron chi connectivity index (χ0n) is 7.99. The van der Waals surface area contributed by atoms with Crippen LogP contribution in [0.4, 0.5) is 0 Å². The van der Waals surface area contributed by atoms with Crippen LogP contribution in [0.2, 0.25) is 0 Å². The van der Waals surface area contributed by atoms with Crippen molar-refractivity contribution >= 4 is 11.9 Å². The van der Waals surface area contributed by atoms with Crippen LogP contribution in [-0.2, 0) is 9.59 Å². The van der Waals surface area contributed by atoms with Crippen molar-refractivity contribution in [2.45, 2.75) is 33.1 Å². The van der Waals surface area contributed by atoms with E-state index in [2.05, 4.69) is 0 Å². The van der Waals surface area contributed by atoms with E-state index in [0.29, 0.717) is 6.42 Å². The van der Waals surface area contributed by atoms with Crippen molar-refractivity contribution in [1.82, 2.24) is 0 Å². The molecular formula is C9H16O4. The highest BCUT2D eigenvalue weighted by Crippen LogP contribution is 2.18. The summed E-state index contributed by atoms with van der Waals surface area (Å²) in [5.74, 6) is -4.03. The van der Waals surface area contributed by atoms with Gasteiger partial charge in [-0.25, -0.2) is 0 Å². The van der Waals surface area contributed by atoms with Crippen LogP contribution in [-0.4, -0.2) is 22.2 Å². The van der Waals surface area contributed by atoms with Gasteiger partial charge in [0, 0.05) is 0 Å². The summed E-state index contributed by atoms with van der Waals surface area (Å²) in [6.07, 6.45) is 2.48. The van der Waals surface area contributed by atoms with E-state index in [1.54, 1.807) is 6.92 Å². The van der Waals surface area contributed by atoms with Crippen LogP contribution in [0.3, 0.4) is 0 Å². The Kier molecular flexibility index (Phi) is 5.11. The average Bonchev–Trinajstić information content (AvgIpc) is 1.99. The number of hydrogen-bond acceptors (Lipinski definition) is 2. The van der Waals surface area contributed by atoms with Gasteiger partial charge in [0.2, 0.25) is 0 Å². The normalized spacial score (nSPS) is 12.8. The minimum absolute atomic E-state index is 0.296. The zero-order chi connectivity index (χ0) is 10.4. The molecule has 0 unspecified atom stereocenters. The summed E-state index contributed by atoms with van der Waals surface area (Å²) in [4.78, 5) is 21.1. The van der Waals surface area contributed by atoms with Crippen LogP contribution in [0.1, 0.15) is 33.1 Å². The fourth-order valence-electron chi connectivity index (χ4n) is 1.29. The maximum absolute atomic E-state index is 10.6. The molecule has 0 aromatic carbocycles. The number of aliphatic carboxylic acids is 2. The van der Waals surface area contributed by atoms with Gasteiger partial charge in [-0.05, 0) is 12.3 Å². The van der Waals surface area contributed by atoms with E-state index in [0.717, 1.165) is 12.8 Å². The molecule has 0 saturated carbocycles. The first-order valence-corrected chi connectivity index (χ1v) is 4.46. The van der Waals surface area contributed by atoms with Gasteiger partial charge in [-0.1, -0.05) is 26.7 Å². The molecule has 0 saturated heterocycles. The minimum Gasteiger partial charge on any atom is -0.481 e. The van der Waals surface area contributed by atoms with Crippen molar-refractivity contribution in [3.63, 3.8) is 0 Å². The summed E-state index contributed by atoms with van der Waals surface area (Å²) in [5.41, 5.74) is 0. The molecule has 0 aliphatic rings. The lowest BCUT2D eigenvalue weighted by molar-refractivity contribution is -0.157. The molecule has 0 aliphatic heterocycles. The first kappa shape index (κ1) is 11.9. The van der Waals surface area contributed by atoms with Gasteiger partial charge in [-0.15, -0.1) is 0 Å². The van der Waals surface area contributed by atoms with E-state index in [1.165, 1.54) is 0 Å². The van der Waals surface area contributed by atoms with Crippen LogP contribution in [0.5, 0.6) is 0 Å². The Hall–Kier alpha value is -1.06. The highest BCUT2D eigenvalue weighted by molar-refractivity contribution is 5.93. The third-order valence-electron chi connectivity index (χ3n) is 2.11. The maximum atomic E-state index is 10.6. The fraction of sp³-hybridized carbons (Fsp3) is 0.778. The van der Waals surface area contributed by atoms with Gasteiger partial charge < -0.3 is 10.2 Å². The van der Waals surface area contributed by atoms with Crippen molar-refractivity contribution in [3.8, 4) is 0 Å². The molecule has 0 heterocycles. The standard InChI is InChI=1S/C9H16O4/c1-3-4-5-6(2)7(8(10)11)9(12)13/h6-7H,3-5H2,1-2H3,(H,10,11)(H,12,13)/t6-/m0/s1. The summed E-state index contributed by atoms with van der Waals surface area (Å²) in [6.45, 7) is 3.66. The summed E-state index contributed by atoms with van der Waals surface area (Å²) in [7, 11) is 0. The van der Waals surface area contributed by atoms with Crippen molar-refractivity contribution in [2.24, 2.45) is 11.8 Å². The molecule has 0 rings (SSSR count). The van der Waals surface area contributed by atoms with Gasteiger partial charge >= 0.3 is 11.9 Å². The lowest BCUT2D eigenvalue weighted by Gasteiger charge is -2.15. The molecule has 0 amide bonds. The molecule has 0 radical (unpaired) electrons. The predicted molar refractivity (Wildman–Crippen MR) is 47.5 cm³/mol. The molecule has 13 heavy (non-hydrogen) atoms. The Morgan fingerprint density at radius 3 is 2.00 bits per heavy atom. The molecule has 0 aromatic heterocycles.